The number of hydrogen-bond donors (Lipinski definition) is 2. The lowest BCUT2D eigenvalue weighted by Gasteiger charge is -2.13. The number of halogens is 2. The molecule has 2 N–H and O–H groups in total. The van der Waals surface area contributed by atoms with E-state index in [9.17, 15) is 4.79 Å². The molecule has 1 aromatic carbocycles. The van der Waals surface area contributed by atoms with Crippen LogP contribution >= 0.6 is 35.8 Å². The maximum absolute atomic E-state index is 11.6. The lowest BCUT2D eigenvalue weighted by Crippen LogP contribution is -2.39. The van der Waals surface area contributed by atoms with Crippen LogP contribution in [0.4, 0.5) is 0 Å². The van der Waals surface area contributed by atoms with E-state index in [1.165, 1.54) is 11.8 Å². The molecule has 0 fully saturated rings. The Morgan fingerprint density at radius 1 is 1.37 bits per heavy atom. The van der Waals surface area contributed by atoms with E-state index >= 15 is 0 Å². The van der Waals surface area contributed by atoms with Gasteiger partial charge in [-0.3, -0.25) is 4.79 Å². The quantitative estimate of drug-likeness (QED) is 0.758. The van der Waals surface area contributed by atoms with E-state index < -0.39 is 0 Å². The molecule has 6 heteroatoms. The first kappa shape index (κ1) is 18.6. The largest absolute Gasteiger partial charge is 0.354 e. The fraction of sp³-hybridized carbons (Fsp3) is 0.462. The lowest BCUT2D eigenvalue weighted by molar-refractivity contribution is -0.118. The summed E-state index contributed by atoms with van der Waals surface area (Å²) in [4.78, 5) is 12.7. The number of amides is 1. The number of nitrogens with one attached hydrogen (secondary N) is 2. The summed E-state index contributed by atoms with van der Waals surface area (Å²) < 4.78 is 0. The molecular weight excluding hydrogens is 303 g/mol. The summed E-state index contributed by atoms with van der Waals surface area (Å²) in [6, 6.07) is 7.80. The second kappa shape index (κ2) is 10.4. The van der Waals surface area contributed by atoms with Gasteiger partial charge in [0.15, 0.2) is 0 Å². The summed E-state index contributed by atoms with van der Waals surface area (Å²) >= 11 is 7.30. The van der Waals surface area contributed by atoms with Crippen molar-refractivity contribution in [1.29, 1.82) is 0 Å². The van der Waals surface area contributed by atoms with Crippen molar-refractivity contribution in [2.75, 3.05) is 18.8 Å². The smallest absolute Gasteiger partial charge is 0.230 e. The zero-order valence-electron chi connectivity index (χ0n) is 11.1. The summed E-state index contributed by atoms with van der Waals surface area (Å²) in [5.74, 6) is 0.486. The third-order valence-corrected chi connectivity index (χ3v) is 3.61. The number of thioether (sulfide) groups is 1. The average molecular weight is 323 g/mol. The van der Waals surface area contributed by atoms with Crippen LogP contribution in [0.25, 0.3) is 0 Å². The van der Waals surface area contributed by atoms with Gasteiger partial charge in [0.1, 0.15) is 0 Å². The molecule has 1 rings (SSSR count). The maximum atomic E-state index is 11.6. The molecule has 0 heterocycles. The molecule has 0 aliphatic rings. The zero-order valence-corrected chi connectivity index (χ0v) is 13.5. The van der Waals surface area contributed by atoms with Gasteiger partial charge in [-0.05, 0) is 37.7 Å². The van der Waals surface area contributed by atoms with Gasteiger partial charge in [0.05, 0.1) is 5.75 Å². The molecule has 0 bridgehead atoms. The summed E-state index contributed by atoms with van der Waals surface area (Å²) in [5.41, 5.74) is 0. The fourth-order valence-electron chi connectivity index (χ4n) is 1.42. The van der Waals surface area contributed by atoms with Crippen LogP contribution in [-0.2, 0) is 4.79 Å². The Kier molecular flexibility index (Phi) is 10.1. The minimum absolute atomic E-state index is 0. The van der Waals surface area contributed by atoms with Gasteiger partial charge < -0.3 is 10.6 Å². The first-order valence-electron chi connectivity index (χ1n) is 6.00. The number of likely N-dealkylation sites (N-methyl/N-ethyl adjacent to an activating group) is 1. The van der Waals surface area contributed by atoms with Gasteiger partial charge >= 0.3 is 0 Å². The predicted molar refractivity (Wildman–Crippen MR) is 85.6 cm³/mol. The van der Waals surface area contributed by atoms with E-state index in [2.05, 4.69) is 24.5 Å². The molecule has 0 aliphatic carbocycles. The Balaban J connectivity index is 0.00000324. The van der Waals surface area contributed by atoms with Gasteiger partial charge in [0, 0.05) is 22.5 Å². The highest BCUT2D eigenvalue weighted by Crippen LogP contribution is 2.19. The third kappa shape index (κ3) is 8.37. The molecule has 0 aromatic heterocycles. The Morgan fingerprint density at radius 2 is 2.00 bits per heavy atom. The molecule has 0 unspecified atom stereocenters. The van der Waals surface area contributed by atoms with Crippen molar-refractivity contribution in [3.63, 3.8) is 0 Å². The molecule has 0 saturated carbocycles. The molecule has 0 spiro atoms. The minimum atomic E-state index is 0. The van der Waals surface area contributed by atoms with Crippen molar-refractivity contribution in [2.45, 2.75) is 24.8 Å². The Hall–Kier alpha value is -0.420. The van der Waals surface area contributed by atoms with Crippen LogP contribution in [-0.4, -0.2) is 30.8 Å². The number of carbonyl (C=O) groups is 1. The molecule has 1 amide bonds. The van der Waals surface area contributed by atoms with Crippen molar-refractivity contribution in [3.05, 3.63) is 29.3 Å². The Bertz CT molecular complexity index is 373. The summed E-state index contributed by atoms with van der Waals surface area (Å²) in [5, 5.41) is 6.86. The average Bonchev–Trinajstić information content (AvgIpc) is 2.36. The number of hydrogen-bond acceptors (Lipinski definition) is 3. The highest BCUT2D eigenvalue weighted by atomic mass is 35.5. The van der Waals surface area contributed by atoms with E-state index in [4.69, 9.17) is 11.6 Å². The van der Waals surface area contributed by atoms with Crippen LogP contribution in [0, 0.1) is 0 Å². The number of carbonyl (C=O) groups excluding carboxylic acids is 1. The van der Waals surface area contributed by atoms with Gasteiger partial charge in [-0.15, -0.1) is 24.2 Å². The highest BCUT2D eigenvalue weighted by Gasteiger charge is 2.05. The van der Waals surface area contributed by atoms with Crippen LogP contribution in [0.3, 0.4) is 0 Å². The molecule has 0 radical (unpaired) electrons. The van der Waals surface area contributed by atoms with Crippen LogP contribution in [0.5, 0.6) is 0 Å². The molecule has 1 atom stereocenters. The Morgan fingerprint density at radius 3 is 2.58 bits per heavy atom. The highest BCUT2D eigenvalue weighted by molar-refractivity contribution is 8.00. The maximum Gasteiger partial charge on any atom is 0.230 e. The number of benzene rings is 1. The van der Waals surface area contributed by atoms with E-state index in [0.717, 1.165) is 11.4 Å². The molecule has 0 saturated heterocycles. The zero-order chi connectivity index (χ0) is 13.4. The standard InChI is InChI=1S/C13H19ClN2OS.ClH/c1-3-15-10(2)8-16-13(17)9-18-12-6-4-11(14)5-7-12;/h4-7,10,15H,3,8-9H2,1-2H3,(H,16,17);1H/t10-;/m1./s1. The predicted octanol–water partition coefficient (Wildman–Crippen LogP) is 2.97. The van der Waals surface area contributed by atoms with Crippen LogP contribution in [0.15, 0.2) is 29.2 Å². The lowest BCUT2D eigenvalue weighted by atomic mass is 10.3. The van der Waals surface area contributed by atoms with Crippen molar-refractivity contribution in [1.82, 2.24) is 10.6 Å². The summed E-state index contributed by atoms with van der Waals surface area (Å²) in [6.07, 6.45) is 0. The van der Waals surface area contributed by atoms with Crippen molar-refractivity contribution in [3.8, 4) is 0 Å². The van der Waals surface area contributed by atoms with E-state index in [0.29, 0.717) is 23.4 Å². The topological polar surface area (TPSA) is 41.1 Å². The third-order valence-electron chi connectivity index (χ3n) is 2.34. The first-order chi connectivity index (χ1) is 8.61. The SMILES string of the molecule is CCN[C@H](C)CNC(=O)CSc1ccc(Cl)cc1.Cl. The molecule has 3 nitrogen and oxygen atoms in total. The van der Waals surface area contributed by atoms with Crippen molar-refractivity contribution < 1.29 is 4.79 Å². The monoisotopic (exact) mass is 322 g/mol. The van der Waals surface area contributed by atoms with Crippen LogP contribution < -0.4 is 10.6 Å². The Labute approximate surface area is 130 Å². The van der Waals surface area contributed by atoms with E-state index in [-0.39, 0.29) is 18.3 Å². The van der Waals surface area contributed by atoms with Crippen LogP contribution in [0.2, 0.25) is 5.02 Å². The molecular formula is C13H20Cl2N2OS. The van der Waals surface area contributed by atoms with Gasteiger partial charge in [0.2, 0.25) is 5.91 Å². The second-order valence-corrected chi connectivity index (χ2v) is 5.49. The van der Waals surface area contributed by atoms with Crippen molar-refractivity contribution >= 4 is 41.7 Å². The molecule has 108 valence electrons. The molecule has 0 aliphatic heterocycles. The first-order valence-corrected chi connectivity index (χ1v) is 7.36. The van der Waals surface area contributed by atoms with E-state index in [1.54, 1.807) is 0 Å². The molecule has 19 heavy (non-hydrogen) atoms. The molecule has 1 aromatic rings. The minimum Gasteiger partial charge on any atom is -0.354 e. The fourth-order valence-corrected chi connectivity index (χ4v) is 2.27. The van der Waals surface area contributed by atoms with Gasteiger partial charge in [0.25, 0.3) is 0 Å². The normalized spacial score (nSPS) is 11.5. The van der Waals surface area contributed by atoms with Gasteiger partial charge in [-0.2, -0.15) is 0 Å². The van der Waals surface area contributed by atoms with E-state index in [1.807, 2.05) is 24.3 Å². The summed E-state index contributed by atoms with van der Waals surface area (Å²) in [6.45, 7) is 5.68. The van der Waals surface area contributed by atoms with Crippen molar-refractivity contribution in [2.24, 2.45) is 0 Å². The second-order valence-electron chi connectivity index (χ2n) is 4.01. The summed E-state index contributed by atoms with van der Waals surface area (Å²) in [7, 11) is 0. The van der Waals surface area contributed by atoms with Crippen LogP contribution in [0.1, 0.15) is 13.8 Å². The van der Waals surface area contributed by atoms with Gasteiger partial charge in [-0.1, -0.05) is 18.5 Å². The van der Waals surface area contributed by atoms with Gasteiger partial charge in [-0.25, -0.2) is 0 Å². The number of rotatable bonds is 7.